The molecule has 2 nitrogen and oxygen atoms in total. The summed E-state index contributed by atoms with van der Waals surface area (Å²) in [6.45, 7) is 5.83. The maximum Gasteiger partial charge on any atom is 0.150 e. The number of carbonyl (C=O) groups is 1. The number of hydrogen-bond donors (Lipinski definition) is 1. The van der Waals surface area contributed by atoms with Crippen LogP contribution in [0.15, 0.2) is 49.1 Å². The van der Waals surface area contributed by atoms with E-state index in [0.29, 0.717) is 11.3 Å². The second-order valence-corrected chi connectivity index (χ2v) is 5.13. The van der Waals surface area contributed by atoms with Gasteiger partial charge in [0.05, 0.1) is 0 Å². The number of phenolic OH excluding ortho intramolecular Hbond substituents is 1. The lowest BCUT2D eigenvalue weighted by Gasteiger charge is -2.11. The standard InChI is InChI=1S/C19H20O2/c1-3-5-14-7-8-17(13-20)18(11-14)15-9-10-19(21)16(12-15)6-4-2/h3,7-13,21H,1,4-6H2,2H3. The number of phenols is 1. The Kier molecular flexibility index (Phi) is 4.94. The van der Waals surface area contributed by atoms with Gasteiger partial charge in [-0.1, -0.05) is 43.7 Å². The predicted octanol–water partition coefficient (Wildman–Crippen LogP) is 4.55. The van der Waals surface area contributed by atoms with Crippen molar-refractivity contribution in [3.8, 4) is 16.9 Å². The number of carbonyl (C=O) groups excluding carboxylic acids is 1. The third-order valence-corrected chi connectivity index (χ3v) is 3.53. The molecule has 21 heavy (non-hydrogen) atoms. The lowest BCUT2D eigenvalue weighted by Crippen LogP contribution is -1.93. The van der Waals surface area contributed by atoms with Gasteiger partial charge in [0.1, 0.15) is 5.75 Å². The third-order valence-electron chi connectivity index (χ3n) is 3.53. The Balaban J connectivity index is 2.53. The molecule has 0 bridgehead atoms. The summed E-state index contributed by atoms with van der Waals surface area (Å²) in [6.07, 6.45) is 5.28. The molecule has 0 saturated heterocycles. The molecule has 0 radical (unpaired) electrons. The Morgan fingerprint density at radius 3 is 2.67 bits per heavy atom. The second-order valence-electron chi connectivity index (χ2n) is 5.13. The van der Waals surface area contributed by atoms with Gasteiger partial charge in [-0.15, -0.1) is 6.58 Å². The summed E-state index contributed by atoms with van der Waals surface area (Å²) in [5.41, 5.74) is 4.57. The zero-order chi connectivity index (χ0) is 15.2. The Morgan fingerprint density at radius 1 is 1.19 bits per heavy atom. The summed E-state index contributed by atoms with van der Waals surface area (Å²) >= 11 is 0. The number of benzene rings is 2. The molecule has 0 aliphatic carbocycles. The fourth-order valence-corrected chi connectivity index (χ4v) is 2.47. The smallest absolute Gasteiger partial charge is 0.150 e. The molecule has 0 aromatic heterocycles. The maximum atomic E-state index is 11.3. The molecular formula is C19H20O2. The highest BCUT2D eigenvalue weighted by atomic mass is 16.3. The van der Waals surface area contributed by atoms with Crippen LogP contribution in [0.4, 0.5) is 0 Å². The molecule has 0 unspecified atom stereocenters. The molecule has 2 rings (SSSR count). The Labute approximate surface area is 125 Å². The van der Waals surface area contributed by atoms with Gasteiger partial charge in [-0.05, 0) is 47.2 Å². The zero-order valence-corrected chi connectivity index (χ0v) is 12.3. The minimum atomic E-state index is 0.315. The van der Waals surface area contributed by atoms with Crippen LogP contribution in [0.25, 0.3) is 11.1 Å². The van der Waals surface area contributed by atoms with Gasteiger partial charge in [0, 0.05) is 5.56 Å². The summed E-state index contributed by atoms with van der Waals surface area (Å²) in [7, 11) is 0. The predicted molar refractivity (Wildman–Crippen MR) is 86.8 cm³/mol. The summed E-state index contributed by atoms with van der Waals surface area (Å²) in [5, 5.41) is 9.90. The van der Waals surface area contributed by atoms with Crippen LogP contribution in [0, 0.1) is 0 Å². The van der Waals surface area contributed by atoms with Gasteiger partial charge in [-0.2, -0.15) is 0 Å². The topological polar surface area (TPSA) is 37.3 Å². The van der Waals surface area contributed by atoms with Crippen molar-refractivity contribution in [2.24, 2.45) is 0 Å². The van der Waals surface area contributed by atoms with Crippen LogP contribution in [0.5, 0.6) is 5.75 Å². The van der Waals surface area contributed by atoms with E-state index in [1.165, 1.54) is 0 Å². The monoisotopic (exact) mass is 280 g/mol. The Morgan fingerprint density at radius 2 is 2.00 bits per heavy atom. The molecule has 2 aromatic rings. The summed E-state index contributed by atoms with van der Waals surface area (Å²) in [5.74, 6) is 0.315. The van der Waals surface area contributed by atoms with Crippen molar-refractivity contribution in [3.05, 3.63) is 65.7 Å². The van der Waals surface area contributed by atoms with E-state index < -0.39 is 0 Å². The van der Waals surface area contributed by atoms with Gasteiger partial charge in [-0.3, -0.25) is 4.79 Å². The number of hydrogen-bond acceptors (Lipinski definition) is 2. The van der Waals surface area contributed by atoms with Crippen LogP contribution in [-0.2, 0) is 12.8 Å². The molecule has 2 aromatic carbocycles. The van der Waals surface area contributed by atoms with E-state index in [0.717, 1.165) is 47.8 Å². The van der Waals surface area contributed by atoms with Crippen molar-refractivity contribution in [2.45, 2.75) is 26.2 Å². The average Bonchev–Trinajstić information content (AvgIpc) is 2.50. The van der Waals surface area contributed by atoms with Crippen molar-refractivity contribution >= 4 is 6.29 Å². The van der Waals surface area contributed by atoms with E-state index in [-0.39, 0.29) is 0 Å². The van der Waals surface area contributed by atoms with Crippen LogP contribution in [0.2, 0.25) is 0 Å². The Bertz CT molecular complexity index is 657. The summed E-state index contributed by atoms with van der Waals surface area (Å²) in [4.78, 5) is 11.3. The molecule has 0 atom stereocenters. The van der Waals surface area contributed by atoms with E-state index in [9.17, 15) is 9.90 Å². The molecule has 0 fully saturated rings. The SMILES string of the molecule is C=CCc1ccc(C=O)c(-c2ccc(O)c(CCC)c2)c1. The number of aryl methyl sites for hydroxylation is 1. The van der Waals surface area contributed by atoms with E-state index >= 15 is 0 Å². The quantitative estimate of drug-likeness (QED) is 0.622. The molecule has 108 valence electrons. The van der Waals surface area contributed by atoms with Crippen molar-refractivity contribution in [1.29, 1.82) is 0 Å². The van der Waals surface area contributed by atoms with Gasteiger partial charge >= 0.3 is 0 Å². The first-order valence-electron chi connectivity index (χ1n) is 7.20. The number of aromatic hydroxyl groups is 1. The molecular weight excluding hydrogens is 260 g/mol. The molecule has 0 heterocycles. The molecule has 0 aliphatic rings. The lowest BCUT2D eigenvalue weighted by molar-refractivity contribution is 0.112. The number of allylic oxidation sites excluding steroid dienone is 1. The fourth-order valence-electron chi connectivity index (χ4n) is 2.47. The average molecular weight is 280 g/mol. The van der Waals surface area contributed by atoms with Gasteiger partial charge in [0.15, 0.2) is 6.29 Å². The number of rotatable bonds is 6. The highest BCUT2D eigenvalue weighted by Crippen LogP contribution is 2.29. The van der Waals surface area contributed by atoms with Crippen LogP contribution in [-0.4, -0.2) is 11.4 Å². The summed E-state index contributed by atoms with van der Waals surface area (Å²) in [6, 6.07) is 11.3. The van der Waals surface area contributed by atoms with E-state index in [4.69, 9.17) is 0 Å². The fraction of sp³-hybridized carbons (Fsp3) is 0.211. The van der Waals surface area contributed by atoms with E-state index in [2.05, 4.69) is 13.5 Å². The van der Waals surface area contributed by atoms with Gasteiger partial charge in [0.25, 0.3) is 0 Å². The van der Waals surface area contributed by atoms with Crippen LogP contribution >= 0.6 is 0 Å². The largest absolute Gasteiger partial charge is 0.508 e. The van der Waals surface area contributed by atoms with Crippen LogP contribution in [0.1, 0.15) is 34.8 Å². The highest BCUT2D eigenvalue weighted by Gasteiger charge is 2.09. The third kappa shape index (κ3) is 3.40. The van der Waals surface area contributed by atoms with E-state index in [1.807, 2.05) is 36.4 Å². The van der Waals surface area contributed by atoms with Gasteiger partial charge in [-0.25, -0.2) is 0 Å². The number of aldehydes is 1. The first-order chi connectivity index (χ1) is 10.2. The molecule has 0 saturated carbocycles. The van der Waals surface area contributed by atoms with E-state index in [1.54, 1.807) is 6.07 Å². The second kappa shape index (κ2) is 6.89. The molecule has 0 spiro atoms. The van der Waals surface area contributed by atoms with Crippen molar-refractivity contribution in [2.75, 3.05) is 0 Å². The molecule has 1 N–H and O–H groups in total. The van der Waals surface area contributed by atoms with Crippen LogP contribution < -0.4 is 0 Å². The minimum absolute atomic E-state index is 0.315. The first-order valence-corrected chi connectivity index (χ1v) is 7.20. The maximum absolute atomic E-state index is 11.3. The normalized spacial score (nSPS) is 10.3. The van der Waals surface area contributed by atoms with Crippen molar-refractivity contribution < 1.29 is 9.90 Å². The van der Waals surface area contributed by atoms with Crippen molar-refractivity contribution in [3.63, 3.8) is 0 Å². The highest BCUT2D eigenvalue weighted by molar-refractivity contribution is 5.88. The molecule has 0 aliphatic heterocycles. The Hall–Kier alpha value is -2.35. The van der Waals surface area contributed by atoms with Gasteiger partial charge < -0.3 is 5.11 Å². The lowest BCUT2D eigenvalue weighted by atomic mass is 9.94. The van der Waals surface area contributed by atoms with Crippen LogP contribution in [0.3, 0.4) is 0 Å². The molecule has 0 amide bonds. The van der Waals surface area contributed by atoms with Crippen molar-refractivity contribution in [1.82, 2.24) is 0 Å². The molecule has 2 heteroatoms. The summed E-state index contributed by atoms with van der Waals surface area (Å²) < 4.78 is 0. The first kappa shape index (κ1) is 15.0. The zero-order valence-electron chi connectivity index (χ0n) is 12.3. The minimum Gasteiger partial charge on any atom is -0.508 e. The van der Waals surface area contributed by atoms with Gasteiger partial charge in [0.2, 0.25) is 0 Å².